The van der Waals surface area contributed by atoms with Crippen molar-refractivity contribution in [1.29, 1.82) is 0 Å². The van der Waals surface area contributed by atoms with E-state index in [1.807, 2.05) is 6.92 Å². The van der Waals surface area contributed by atoms with Gasteiger partial charge < -0.3 is 15.4 Å². The van der Waals surface area contributed by atoms with Gasteiger partial charge in [0, 0.05) is 18.2 Å². The number of benzene rings is 1. The van der Waals surface area contributed by atoms with Crippen molar-refractivity contribution < 1.29 is 22.7 Å². The molecule has 1 rings (SSSR count). The Bertz CT molecular complexity index is 424. The highest BCUT2D eigenvalue weighted by Gasteiger charge is 2.31. The molecule has 0 aliphatic heterocycles. The fourth-order valence-corrected chi connectivity index (χ4v) is 1.26. The summed E-state index contributed by atoms with van der Waals surface area (Å²) >= 11 is 0. The molecule has 4 nitrogen and oxygen atoms in total. The molecule has 0 aromatic heterocycles. The lowest BCUT2D eigenvalue weighted by atomic mass is 10.2. The van der Waals surface area contributed by atoms with E-state index in [2.05, 4.69) is 15.4 Å². The molecule has 0 aliphatic rings. The molecule has 0 aliphatic carbocycles. The number of nitrogens with one attached hydrogen (secondary N) is 2. The van der Waals surface area contributed by atoms with E-state index in [0.29, 0.717) is 6.54 Å². The van der Waals surface area contributed by atoms with Crippen LogP contribution in [0.2, 0.25) is 0 Å². The summed E-state index contributed by atoms with van der Waals surface area (Å²) in [7, 11) is 1.76. The molecule has 0 bridgehead atoms. The number of rotatable bonds is 5. The van der Waals surface area contributed by atoms with Gasteiger partial charge >= 0.3 is 6.36 Å². The van der Waals surface area contributed by atoms with Gasteiger partial charge in [-0.25, -0.2) is 0 Å². The van der Waals surface area contributed by atoms with Gasteiger partial charge in [0.2, 0.25) is 0 Å². The van der Waals surface area contributed by atoms with E-state index < -0.39 is 6.36 Å². The van der Waals surface area contributed by atoms with Crippen LogP contribution in [-0.4, -0.2) is 31.9 Å². The first-order valence-corrected chi connectivity index (χ1v) is 5.63. The van der Waals surface area contributed by atoms with Crippen LogP contribution in [0.25, 0.3) is 0 Å². The van der Waals surface area contributed by atoms with E-state index in [-0.39, 0.29) is 35.7 Å². The Morgan fingerprint density at radius 3 is 2.30 bits per heavy atom. The monoisotopic (exact) mass is 312 g/mol. The minimum Gasteiger partial charge on any atom is -0.406 e. The van der Waals surface area contributed by atoms with Crippen molar-refractivity contribution in [1.82, 2.24) is 10.6 Å². The van der Waals surface area contributed by atoms with Crippen molar-refractivity contribution in [3.05, 3.63) is 29.8 Å². The first kappa shape index (κ1) is 18.5. The molecule has 0 saturated carbocycles. The first-order valence-electron chi connectivity index (χ1n) is 5.63. The summed E-state index contributed by atoms with van der Waals surface area (Å²) in [6.45, 7) is 2.32. The van der Waals surface area contributed by atoms with Crippen molar-refractivity contribution in [2.45, 2.75) is 19.3 Å². The Kier molecular flexibility index (Phi) is 7.38. The minimum absolute atomic E-state index is 0. The van der Waals surface area contributed by atoms with Gasteiger partial charge in [-0.1, -0.05) is 0 Å². The van der Waals surface area contributed by atoms with E-state index in [9.17, 15) is 18.0 Å². The van der Waals surface area contributed by atoms with Crippen LogP contribution in [0.15, 0.2) is 24.3 Å². The van der Waals surface area contributed by atoms with E-state index in [1.54, 1.807) is 7.05 Å². The minimum atomic E-state index is -4.73. The summed E-state index contributed by atoms with van der Waals surface area (Å²) in [5.41, 5.74) is 0.276. The molecule has 114 valence electrons. The van der Waals surface area contributed by atoms with Gasteiger partial charge in [0.1, 0.15) is 5.75 Å². The lowest BCUT2D eigenvalue weighted by Crippen LogP contribution is -2.37. The van der Waals surface area contributed by atoms with Crippen molar-refractivity contribution in [2.24, 2.45) is 0 Å². The zero-order valence-electron chi connectivity index (χ0n) is 11.0. The lowest BCUT2D eigenvalue weighted by molar-refractivity contribution is -0.274. The Hall–Kier alpha value is -1.47. The fraction of sp³-hybridized carbons (Fsp3) is 0.417. The number of hydrogen-bond acceptors (Lipinski definition) is 3. The second kappa shape index (κ2) is 7.96. The molecule has 2 N–H and O–H groups in total. The molecule has 0 radical (unpaired) electrons. The number of halogens is 4. The zero-order chi connectivity index (χ0) is 14.5. The van der Waals surface area contributed by atoms with Crippen molar-refractivity contribution in [2.75, 3.05) is 13.6 Å². The average Bonchev–Trinajstić information content (AvgIpc) is 2.34. The van der Waals surface area contributed by atoms with E-state index in [1.165, 1.54) is 12.1 Å². The predicted molar refractivity (Wildman–Crippen MR) is 71.2 cm³/mol. The molecule has 0 spiro atoms. The summed E-state index contributed by atoms with van der Waals surface area (Å²) in [6.07, 6.45) is -4.73. The Morgan fingerprint density at radius 1 is 1.30 bits per heavy atom. The maximum atomic E-state index is 11.9. The molecule has 0 heterocycles. The maximum absolute atomic E-state index is 11.9. The van der Waals surface area contributed by atoms with Gasteiger partial charge in [0.25, 0.3) is 5.91 Å². The Labute approximate surface area is 121 Å². The number of ether oxygens (including phenoxy) is 1. The van der Waals surface area contributed by atoms with Gasteiger partial charge in [-0.15, -0.1) is 25.6 Å². The third-order valence-electron chi connectivity index (χ3n) is 2.41. The normalized spacial score (nSPS) is 12.2. The number of hydrogen-bond donors (Lipinski definition) is 2. The predicted octanol–water partition coefficient (Wildman–Crippen LogP) is 2.34. The van der Waals surface area contributed by atoms with Crippen molar-refractivity contribution in [3.8, 4) is 5.75 Å². The lowest BCUT2D eigenvalue weighted by Gasteiger charge is -2.12. The second-order valence-corrected chi connectivity index (χ2v) is 3.97. The number of likely N-dealkylation sites (N-methyl/N-ethyl adjacent to an activating group) is 1. The van der Waals surface area contributed by atoms with E-state index in [4.69, 9.17) is 0 Å². The highest BCUT2D eigenvalue weighted by Crippen LogP contribution is 2.22. The third kappa shape index (κ3) is 6.63. The second-order valence-electron chi connectivity index (χ2n) is 3.97. The summed E-state index contributed by atoms with van der Waals surface area (Å²) < 4.78 is 39.5. The standard InChI is InChI=1S/C12H15F3N2O2.ClH/c1-8(16-2)7-17-11(18)9-3-5-10(6-4-9)19-12(13,14)15;/h3-6,8,16H,7H2,1-2H3,(H,17,18);1H. The van der Waals surface area contributed by atoms with Crippen molar-refractivity contribution in [3.63, 3.8) is 0 Å². The van der Waals surface area contributed by atoms with Crippen LogP contribution >= 0.6 is 12.4 Å². The van der Waals surface area contributed by atoms with Gasteiger partial charge in [-0.05, 0) is 38.2 Å². The van der Waals surface area contributed by atoms with Crippen molar-refractivity contribution >= 4 is 18.3 Å². The van der Waals surface area contributed by atoms with Gasteiger partial charge in [-0.3, -0.25) is 4.79 Å². The highest BCUT2D eigenvalue weighted by molar-refractivity contribution is 5.94. The fourth-order valence-electron chi connectivity index (χ4n) is 1.26. The van der Waals surface area contributed by atoms with Crippen LogP contribution in [0.3, 0.4) is 0 Å². The highest BCUT2D eigenvalue weighted by atomic mass is 35.5. The number of carbonyl (C=O) groups is 1. The molecule has 1 aromatic rings. The largest absolute Gasteiger partial charge is 0.573 e. The molecule has 8 heteroatoms. The summed E-state index contributed by atoms with van der Waals surface area (Å²) in [6, 6.07) is 4.87. The topological polar surface area (TPSA) is 50.4 Å². The molecule has 1 aromatic carbocycles. The smallest absolute Gasteiger partial charge is 0.406 e. The van der Waals surface area contributed by atoms with Gasteiger partial charge in [-0.2, -0.15) is 0 Å². The number of alkyl halides is 3. The van der Waals surface area contributed by atoms with E-state index in [0.717, 1.165) is 12.1 Å². The van der Waals surface area contributed by atoms with Gasteiger partial charge in [0.15, 0.2) is 0 Å². The average molecular weight is 313 g/mol. The van der Waals surface area contributed by atoms with Crippen LogP contribution in [0.5, 0.6) is 5.75 Å². The molecular formula is C12H16ClF3N2O2. The maximum Gasteiger partial charge on any atom is 0.573 e. The summed E-state index contributed by atoms with van der Waals surface area (Å²) in [5.74, 6) is -0.701. The SMILES string of the molecule is CNC(C)CNC(=O)c1ccc(OC(F)(F)F)cc1.Cl. The molecular weight excluding hydrogens is 297 g/mol. The number of amides is 1. The van der Waals surface area contributed by atoms with Crippen LogP contribution in [-0.2, 0) is 0 Å². The molecule has 1 amide bonds. The van der Waals surface area contributed by atoms with Crippen LogP contribution in [0, 0.1) is 0 Å². The molecule has 1 unspecified atom stereocenters. The summed E-state index contributed by atoms with van der Waals surface area (Å²) in [4.78, 5) is 11.7. The molecule has 1 atom stereocenters. The third-order valence-corrected chi connectivity index (χ3v) is 2.41. The number of carbonyl (C=O) groups excluding carboxylic acids is 1. The Balaban J connectivity index is 0.00000361. The van der Waals surface area contributed by atoms with E-state index >= 15 is 0 Å². The van der Waals surface area contributed by atoms with Gasteiger partial charge in [0.05, 0.1) is 0 Å². The molecule has 0 saturated heterocycles. The zero-order valence-corrected chi connectivity index (χ0v) is 11.8. The molecule has 20 heavy (non-hydrogen) atoms. The Morgan fingerprint density at radius 2 is 1.85 bits per heavy atom. The quantitative estimate of drug-likeness (QED) is 0.877. The summed E-state index contributed by atoms with van der Waals surface area (Å²) in [5, 5.41) is 5.60. The first-order chi connectivity index (χ1) is 8.81. The van der Waals surface area contributed by atoms with Crippen LogP contribution in [0.4, 0.5) is 13.2 Å². The molecule has 0 fully saturated rings. The van der Waals surface area contributed by atoms with Crippen LogP contribution in [0.1, 0.15) is 17.3 Å². The van der Waals surface area contributed by atoms with Crippen LogP contribution < -0.4 is 15.4 Å².